The lowest BCUT2D eigenvalue weighted by atomic mass is 9.89. The quantitative estimate of drug-likeness (QED) is 0.311. The molecule has 1 aliphatic rings. The highest BCUT2D eigenvalue weighted by molar-refractivity contribution is 6.30. The van der Waals surface area contributed by atoms with E-state index < -0.39 is 17.9 Å². The van der Waals surface area contributed by atoms with Crippen molar-refractivity contribution in [1.82, 2.24) is 9.55 Å². The molecule has 0 spiro atoms. The molecule has 0 N–H and O–H groups in total. The van der Waals surface area contributed by atoms with Crippen molar-refractivity contribution in [3.8, 4) is 0 Å². The van der Waals surface area contributed by atoms with Crippen molar-refractivity contribution in [2.24, 2.45) is 5.92 Å². The smallest absolute Gasteiger partial charge is 0.321 e. The summed E-state index contributed by atoms with van der Waals surface area (Å²) in [4.78, 5) is 33.5. The van der Waals surface area contributed by atoms with Crippen LogP contribution in [0.4, 0.5) is 5.95 Å². The van der Waals surface area contributed by atoms with Crippen LogP contribution in [0.2, 0.25) is 5.02 Å². The number of hydrogen-bond donors (Lipinski definition) is 0. The van der Waals surface area contributed by atoms with Crippen molar-refractivity contribution in [3.05, 3.63) is 95.0 Å². The van der Waals surface area contributed by atoms with E-state index >= 15 is 0 Å². The van der Waals surface area contributed by atoms with Gasteiger partial charge in [0.1, 0.15) is 0 Å². The molecule has 0 bridgehead atoms. The normalized spacial score (nSPS) is 17.8. The summed E-state index contributed by atoms with van der Waals surface area (Å²) in [5.74, 6) is -1.48. The van der Waals surface area contributed by atoms with E-state index in [-0.39, 0.29) is 12.5 Å². The number of fused-ring (bicyclic) bond motifs is 3. The van der Waals surface area contributed by atoms with Crippen molar-refractivity contribution in [2.75, 3.05) is 11.5 Å². The number of amides is 1. The van der Waals surface area contributed by atoms with E-state index in [0.717, 1.165) is 22.2 Å². The number of rotatable bonds is 5. The first-order valence-corrected chi connectivity index (χ1v) is 11.2. The Morgan fingerprint density at radius 2 is 1.79 bits per heavy atom. The zero-order valence-corrected chi connectivity index (χ0v) is 18.8. The third-order valence-electron chi connectivity index (χ3n) is 5.86. The molecule has 7 heteroatoms. The molecule has 0 saturated carbocycles. The Hall–Kier alpha value is -3.64. The summed E-state index contributed by atoms with van der Waals surface area (Å²) in [5.41, 5.74) is 3.26. The molecule has 0 radical (unpaired) electrons. The van der Waals surface area contributed by atoms with Crippen LogP contribution in [0.3, 0.4) is 0 Å². The molecule has 0 fully saturated rings. The van der Waals surface area contributed by atoms with Crippen molar-refractivity contribution in [1.29, 1.82) is 0 Å². The summed E-state index contributed by atoms with van der Waals surface area (Å²) in [6, 6.07) is 24.0. The van der Waals surface area contributed by atoms with Crippen LogP contribution in [-0.2, 0) is 20.9 Å². The number of carbonyl (C=O) groups excluding carboxylic acids is 2. The van der Waals surface area contributed by atoms with Gasteiger partial charge in [-0.05, 0) is 42.3 Å². The highest BCUT2D eigenvalue weighted by atomic mass is 35.5. The minimum absolute atomic E-state index is 0.182. The van der Waals surface area contributed by atoms with E-state index in [2.05, 4.69) is 0 Å². The standard InChI is InChI=1S/C26H22ClN3O3/c1-2-33-25(32)22-23(18-11-8-12-19(27)15-18)30-21-14-7-6-13-20(21)28-26(30)29(24(22)31)16-17-9-4-3-5-10-17/h3-15,22-23H,2,16H2,1H3/t22-,23-/m1/s1. The van der Waals surface area contributed by atoms with Crippen LogP contribution >= 0.6 is 11.6 Å². The lowest BCUT2D eigenvalue weighted by Gasteiger charge is -2.38. The molecule has 33 heavy (non-hydrogen) atoms. The summed E-state index contributed by atoms with van der Waals surface area (Å²) in [7, 11) is 0. The van der Waals surface area contributed by atoms with Crippen LogP contribution in [0.1, 0.15) is 24.1 Å². The number of benzene rings is 3. The van der Waals surface area contributed by atoms with E-state index in [1.807, 2.05) is 71.3 Å². The number of aromatic nitrogens is 2. The topological polar surface area (TPSA) is 64.4 Å². The van der Waals surface area contributed by atoms with Crippen LogP contribution < -0.4 is 4.90 Å². The molecule has 1 aromatic heterocycles. The minimum Gasteiger partial charge on any atom is -0.465 e. The Kier molecular flexibility index (Phi) is 5.60. The molecule has 4 aromatic rings. The first-order chi connectivity index (χ1) is 16.1. The Morgan fingerprint density at radius 3 is 2.55 bits per heavy atom. The second-order valence-electron chi connectivity index (χ2n) is 7.91. The first kappa shape index (κ1) is 21.2. The molecule has 0 saturated heterocycles. The zero-order valence-electron chi connectivity index (χ0n) is 18.0. The molecular weight excluding hydrogens is 438 g/mol. The number of carbonyl (C=O) groups is 2. The van der Waals surface area contributed by atoms with Gasteiger partial charge in [0, 0.05) is 5.02 Å². The molecular formula is C26H22ClN3O3. The van der Waals surface area contributed by atoms with Gasteiger partial charge in [-0.3, -0.25) is 14.5 Å². The van der Waals surface area contributed by atoms with Crippen LogP contribution in [-0.4, -0.2) is 28.0 Å². The average Bonchev–Trinajstić information content (AvgIpc) is 3.20. The van der Waals surface area contributed by atoms with Gasteiger partial charge in [-0.15, -0.1) is 0 Å². The van der Waals surface area contributed by atoms with Crippen LogP contribution in [0.5, 0.6) is 0 Å². The van der Waals surface area contributed by atoms with Crippen molar-refractivity contribution in [2.45, 2.75) is 19.5 Å². The van der Waals surface area contributed by atoms with Gasteiger partial charge in [-0.2, -0.15) is 0 Å². The second kappa shape index (κ2) is 8.71. The van der Waals surface area contributed by atoms with E-state index in [1.54, 1.807) is 24.0 Å². The van der Waals surface area contributed by atoms with E-state index in [0.29, 0.717) is 17.5 Å². The predicted octanol–water partition coefficient (Wildman–Crippen LogP) is 5.01. The Labute approximate surface area is 196 Å². The predicted molar refractivity (Wildman–Crippen MR) is 127 cm³/mol. The number of para-hydroxylation sites is 2. The molecule has 1 amide bonds. The number of imidazole rings is 1. The molecule has 3 aromatic carbocycles. The molecule has 0 unspecified atom stereocenters. The lowest BCUT2D eigenvalue weighted by Crippen LogP contribution is -2.49. The van der Waals surface area contributed by atoms with Crippen molar-refractivity contribution >= 4 is 40.5 Å². The summed E-state index contributed by atoms with van der Waals surface area (Å²) in [5, 5.41) is 0.528. The summed E-state index contributed by atoms with van der Waals surface area (Å²) >= 11 is 6.31. The fourth-order valence-electron chi connectivity index (χ4n) is 4.46. The summed E-state index contributed by atoms with van der Waals surface area (Å²) < 4.78 is 7.35. The number of nitrogens with zero attached hydrogens (tertiary/aromatic N) is 3. The number of esters is 1. The van der Waals surface area contributed by atoms with Gasteiger partial charge >= 0.3 is 5.97 Å². The SMILES string of the molecule is CCOC(=O)[C@H]1C(=O)N(Cc2ccccc2)c2nc3ccccc3n2[C@@H]1c1cccc(Cl)c1. The van der Waals surface area contributed by atoms with Gasteiger partial charge in [-0.1, -0.05) is 66.2 Å². The van der Waals surface area contributed by atoms with Gasteiger partial charge in [0.15, 0.2) is 5.92 Å². The summed E-state index contributed by atoms with van der Waals surface area (Å²) in [6.45, 7) is 2.21. The van der Waals surface area contributed by atoms with E-state index in [1.165, 1.54) is 0 Å². The highest BCUT2D eigenvalue weighted by Crippen LogP contribution is 2.42. The van der Waals surface area contributed by atoms with Gasteiger partial charge in [-0.25, -0.2) is 4.98 Å². The van der Waals surface area contributed by atoms with E-state index in [4.69, 9.17) is 21.3 Å². The molecule has 0 aliphatic carbocycles. The minimum atomic E-state index is -1.07. The van der Waals surface area contributed by atoms with Gasteiger partial charge in [0.25, 0.3) is 0 Å². The maximum absolute atomic E-state index is 13.9. The average molecular weight is 460 g/mol. The van der Waals surface area contributed by atoms with Crippen LogP contribution in [0.25, 0.3) is 11.0 Å². The van der Waals surface area contributed by atoms with E-state index in [9.17, 15) is 9.59 Å². The monoisotopic (exact) mass is 459 g/mol. The Balaban J connectivity index is 1.76. The van der Waals surface area contributed by atoms with Gasteiger partial charge in [0.05, 0.1) is 30.2 Å². The second-order valence-corrected chi connectivity index (χ2v) is 8.35. The maximum Gasteiger partial charge on any atom is 0.321 e. The number of hydrogen-bond acceptors (Lipinski definition) is 4. The number of anilines is 1. The largest absolute Gasteiger partial charge is 0.465 e. The summed E-state index contributed by atoms with van der Waals surface area (Å²) in [6.07, 6.45) is 0. The Bertz CT molecular complexity index is 1340. The molecule has 5 rings (SSSR count). The molecule has 2 heterocycles. The van der Waals surface area contributed by atoms with Gasteiger partial charge < -0.3 is 9.30 Å². The molecule has 166 valence electrons. The first-order valence-electron chi connectivity index (χ1n) is 10.8. The van der Waals surface area contributed by atoms with Crippen LogP contribution in [0, 0.1) is 5.92 Å². The molecule has 2 atom stereocenters. The lowest BCUT2D eigenvalue weighted by molar-refractivity contribution is -0.153. The number of ether oxygens (including phenoxy) is 1. The maximum atomic E-state index is 13.9. The van der Waals surface area contributed by atoms with Crippen LogP contribution in [0.15, 0.2) is 78.9 Å². The fraction of sp³-hybridized carbons (Fsp3) is 0.192. The molecule has 1 aliphatic heterocycles. The number of halogens is 1. The van der Waals surface area contributed by atoms with Crippen molar-refractivity contribution in [3.63, 3.8) is 0 Å². The Morgan fingerprint density at radius 1 is 1.03 bits per heavy atom. The zero-order chi connectivity index (χ0) is 22.9. The molecule has 6 nitrogen and oxygen atoms in total. The fourth-order valence-corrected chi connectivity index (χ4v) is 4.65. The van der Waals surface area contributed by atoms with Gasteiger partial charge in [0.2, 0.25) is 11.9 Å². The van der Waals surface area contributed by atoms with Crippen molar-refractivity contribution < 1.29 is 14.3 Å². The highest BCUT2D eigenvalue weighted by Gasteiger charge is 2.47. The third kappa shape index (κ3) is 3.76. The third-order valence-corrected chi connectivity index (χ3v) is 6.09.